The van der Waals surface area contributed by atoms with Crippen LogP contribution in [0.15, 0.2) is 48.5 Å². The highest BCUT2D eigenvalue weighted by Crippen LogP contribution is 2.26. The molecule has 0 unspecified atom stereocenters. The van der Waals surface area contributed by atoms with Crippen LogP contribution in [0.2, 0.25) is 5.02 Å². The van der Waals surface area contributed by atoms with Crippen molar-refractivity contribution in [2.24, 2.45) is 0 Å². The van der Waals surface area contributed by atoms with Gasteiger partial charge in [-0.2, -0.15) is 13.7 Å². The van der Waals surface area contributed by atoms with Crippen LogP contribution in [-0.2, 0) is 16.5 Å². The molecule has 21 heavy (non-hydrogen) atoms. The first kappa shape index (κ1) is 15.4. The Bertz CT molecular complexity index is 767. The molecule has 0 amide bonds. The van der Waals surface area contributed by atoms with Gasteiger partial charge in [-0.25, -0.2) is 0 Å². The summed E-state index contributed by atoms with van der Waals surface area (Å²) in [6.45, 7) is 0. The second-order valence-corrected chi connectivity index (χ2v) is 6.44. The van der Waals surface area contributed by atoms with Crippen molar-refractivity contribution in [3.63, 3.8) is 0 Å². The summed E-state index contributed by atoms with van der Waals surface area (Å²) in [4.78, 5) is 0. The molecule has 108 valence electrons. The largest absolute Gasteiger partial charge is 0.381 e. The molecule has 0 N–H and O–H groups in total. The van der Waals surface area contributed by atoms with Crippen LogP contribution in [0.1, 0.15) is 11.1 Å². The van der Waals surface area contributed by atoms with Gasteiger partial charge in [0.25, 0.3) is 0 Å². The van der Waals surface area contributed by atoms with Gasteiger partial charge in [0.05, 0.1) is 22.4 Å². The zero-order valence-electron chi connectivity index (χ0n) is 11.0. The highest BCUT2D eigenvalue weighted by molar-refractivity contribution is 7.87. The van der Waals surface area contributed by atoms with E-state index in [2.05, 4.69) is 0 Å². The number of hydrogen-bond acceptors (Lipinski definition) is 4. The van der Waals surface area contributed by atoms with Crippen molar-refractivity contribution in [1.82, 2.24) is 0 Å². The topological polar surface area (TPSA) is 67.2 Å². The summed E-state index contributed by atoms with van der Waals surface area (Å²) in [5.41, 5.74) is 1.25. The van der Waals surface area contributed by atoms with Crippen molar-refractivity contribution in [1.29, 1.82) is 5.26 Å². The molecule has 0 fully saturated rings. The molecule has 0 atom stereocenters. The molecule has 0 saturated heterocycles. The van der Waals surface area contributed by atoms with E-state index in [1.54, 1.807) is 0 Å². The Hall–Kier alpha value is -2.03. The third-order valence-electron chi connectivity index (χ3n) is 2.76. The Morgan fingerprint density at radius 2 is 1.86 bits per heavy atom. The van der Waals surface area contributed by atoms with Crippen molar-refractivity contribution in [3.05, 3.63) is 64.7 Å². The van der Waals surface area contributed by atoms with E-state index >= 15 is 0 Å². The van der Waals surface area contributed by atoms with Crippen molar-refractivity contribution in [2.45, 2.75) is 6.42 Å². The first-order valence-corrected chi connectivity index (χ1v) is 8.11. The Labute approximate surface area is 128 Å². The van der Waals surface area contributed by atoms with Crippen LogP contribution in [0.4, 0.5) is 0 Å². The number of benzene rings is 2. The zero-order valence-corrected chi connectivity index (χ0v) is 12.6. The normalized spacial score (nSPS) is 10.9. The molecule has 0 aliphatic heterocycles. The molecule has 0 aliphatic rings. The molecular formula is C15H12ClNO3S. The summed E-state index contributed by atoms with van der Waals surface area (Å²) in [6.07, 6.45) is 0.358. The summed E-state index contributed by atoms with van der Waals surface area (Å²) < 4.78 is 28.9. The zero-order chi connectivity index (χ0) is 15.3. The van der Waals surface area contributed by atoms with Gasteiger partial charge in [-0.15, -0.1) is 0 Å². The minimum Gasteiger partial charge on any atom is -0.381 e. The van der Waals surface area contributed by atoms with Crippen LogP contribution in [0.3, 0.4) is 0 Å². The minimum absolute atomic E-state index is 0.0312. The number of nitriles is 1. The molecule has 6 heteroatoms. The van der Waals surface area contributed by atoms with Gasteiger partial charge in [0, 0.05) is 0 Å². The van der Waals surface area contributed by atoms with Crippen LogP contribution < -0.4 is 4.18 Å². The van der Waals surface area contributed by atoms with E-state index in [0.717, 1.165) is 5.56 Å². The SMILES string of the molecule is N#Cc1ccc(OS(=O)(=O)CCc2ccccc2)c(Cl)c1. The minimum atomic E-state index is -3.74. The van der Waals surface area contributed by atoms with E-state index in [0.29, 0.717) is 12.0 Å². The first-order valence-electron chi connectivity index (χ1n) is 6.16. The fourth-order valence-electron chi connectivity index (χ4n) is 1.70. The lowest BCUT2D eigenvalue weighted by molar-refractivity contribution is 0.485. The molecule has 2 rings (SSSR count). The lowest BCUT2D eigenvalue weighted by Gasteiger charge is -2.08. The molecule has 0 spiro atoms. The van der Waals surface area contributed by atoms with E-state index in [-0.39, 0.29) is 16.5 Å². The van der Waals surface area contributed by atoms with Gasteiger partial charge in [0.1, 0.15) is 0 Å². The molecule has 2 aromatic rings. The number of aryl methyl sites for hydroxylation is 1. The molecule has 0 radical (unpaired) electrons. The van der Waals surface area contributed by atoms with Gasteiger partial charge >= 0.3 is 10.1 Å². The summed E-state index contributed by atoms with van der Waals surface area (Å²) in [7, 11) is -3.74. The molecule has 0 aromatic heterocycles. The summed E-state index contributed by atoms with van der Waals surface area (Å²) in [5, 5.41) is 8.82. The molecule has 0 saturated carbocycles. The smallest absolute Gasteiger partial charge is 0.309 e. The molecule has 0 heterocycles. The first-order chi connectivity index (χ1) is 10.00. The summed E-state index contributed by atoms with van der Waals surface area (Å²) >= 11 is 5.89. The highest BCUT2D eigenvalue weighted by atomic mass is 35.5. The lowest BCUT2D eigenvalue weighted by Crippen LogP contribution is -2.15. The third-order valence-corrected chi connectivity index (χ3v) is 4.19. The summed E-state index contributed by atoms with van der Waals surface area (Å²) in [6, 6.07) is 15.4. The Morgan fingerprint density at radius 1 is 1.14 bits per heavy atom. The predicted molar refractivity (Wildman–Crippen MR) is 80.7 cm³/mol. The number of hydrogen-bond donors (Lipinski definition) is 0. The van der Waals surface area contributed by atoms with Gasteiger partial charge in [-0.05, 0) is 30.2 Å². The van der Waals surface area contributed by atoms with Crippen LogP contribution in [0.25, 0.3) is 0 Å². The predicted octanol–water partition coefficient (Wildman–Crippen LogP) is 3.16. The van der Waals surface area contributed by atoms with E-state index in [1.807, 2.05) is 36.4 Å². The van der Waals surface area contributed by atoms with Crippen LogP contribution >= 0.6 is 11.6 Å². The second kappa shape index (κ2) is 6.61. The van der Waals surface area contributed by atoms with E-state index in [1.165, 1.54) is 18.2 Å². The van der Waals surface area contributed by atoms with Gasteiger partial charge in [0.2, 0.25) is 0 Å². The van der Waals surface area contributed by atoms with E-state index in [4.69, 9.17) is 21.0 Å². The fourth-order valence-corrected chi connectivity index (χ4v) is 2.96. The van der Waals surface area contributed by atoms with E-state index < -0.39 is 10.1 Å². The van der Waals surface area contributed by atoms with Crippen LogP contribution in [0.5, 0.6) is 5.75 Å². The van der Waals surface area contributed by atoms with Crippen molar-refractivity contribution < 1.29 is 12.6 Å². The molecule has 0 bridgehead atoms. The standard InChI is InChI=1S/C15H12ClNO3S/c16-14-10-13(11-17)6-7-15(14)20-21(18,19)9-8-12-4-2-1-3-5-12/h1-7,10H,8-9H2. The Kier molecular flexibility index (Phi) is 4.84. The van der Waals surface area contributed by atoms with Gasteiger partial charge < -0.3 is 4.18 Å². The Morgan fingerprint density at radius 3 is 2.48 bits per heavy atom. The third kappa shape index (κ3) is 4.48. The van der Waals surface area contributed by atoms with Gasteiger partial charge in [-0.3, -0.25) is 0 Å². The maximum absolute atomic E-state index is 11.9. The summed E-state index contributed by atoms with van der Waals surface area (Å²) in [5.74, 6) is -0.114. The maximum atomic E-state index is 11.9. The quantitative estimate of drug-likeness (QED) is 0.793. The Balaban J connectivity index is 2.06. The van der Waals surface area contributed by atoms with Crippen LogP contribution in [0, 0.1) is 11.3 Å². The van der Waals surface area contributed by atoms with Crippen molar-refractivity contribution in [3.8, 4) is 11.8 Å². The molecule has 0 aliphatic carbocycles. The number of halogens is 1. The van der Waals surface area contributed by atoms with Gasteiger partial charge in [-0.1, -0.05) is 41.9 Å². The molecule has 2 aromatic carbocycles. The average Bonchev–Trinajstić information content (AvgIpc) is 2.48. The second-order valence-electron chi connectivity index (χ2n) is 4.34. The average molecular weight is 322 g/mol. The molecular weight excluding hydrogens is 310 g/mol. The van der Waals surface area contributed by atoms with Crippen molar-refractivity contribution >= 4 is 21.7 Å². The molecule has 4 nitrogen and oxygen atoms in total. The number of nitrogens with zero attached hydrogens (tertiary/aromatic N) is 1. The van der Waals surface area contributed by atoms with Crippen molar-refractivity contribution in [2.75, 3.05) is 5.75 Å². The lowest BCUT2D eigenvalue weighted by atomic mass is 10.2. The van der Waals surface area contributed by atoms with Gasteiger partial charge in [0.15, 0.2) is 5.75 Å². The fraction of sp³-hybridized carbons (Fsp3) is 0.133. The maximum Gasteiger partial charge on any atom is 0.309 e. The van der Waals surface area contributed by atoms with E-state index in [9.17, 15) is 8.42 Å². The number of rotatable bonds is 5. The monoisotopic (exact) mass is 321 g/mol. The van der Waals surface area contributed by atoms with Crippen LogP contribution in [-0.4, -0.2) is 14.2 Å². The highest BCUT2D eigenvalue weighted by Gasteiger charge is 2.15.